The molecule has 0 N–H and O–H groups in total. The van der Waals surface area contributed by atoms with Crippen LogP contribution in [0.3, 0.4) is 0 Å². The first-order chi connectivity index (χ1) is 14.4. The van der Waals surface area contributed by atoms with Gasteiger partial charge >= 0.3 is 5.97 Å². The van der Waals surface area contributed by atoms with E-state index < -0.39 is 0 Å². The summed E-state index contributed by atoms with van der Waals surface area (Å²) in [6.07, 6.45) is 7.13. The molecule has 0 spiro atoms. The highest BCUT2D eigenvalue weighted by atomic mass is 16.5. The second-order valence-corrected chi connectivity index (χ2v) is 8.26. The Bertz CT molecular complexity index is 970. The molecule has 0 bridgehead atoms. The van der Waals surface area contributed by atoms with E-state index in [-0.39, 0.29) is 11.4 Å². The van der Waals surface area contributed by atoms with E-state index in [4.69, 9.17) is 9.47 Å². The molecule has 0 unspecified atom stereocenters. The van der Waals surface area contributed by atoms with E-state index in [1.165, 1.54) is 5.56 Å². The maximum Gasteiger partial charge on any atom is 0.305 e. The molecular weight excluding hydrogens is 376 g/mol. The molecular formula is C25H30N2O3. The third kappa shape index (κ3) is 5.38. The lowest BCUT2D eigenvalue weighted by atomic mass is 9.78. The van der Waals surface area contributed by atoms with Gasteiger partial charge in [0.25, 0.3) is 0 Å². The number of unbranched alkanes of at least 4 members (excludes halogenated alkanes) is 1. The number of ether oxygens (including phenoxy) is 2. The quantitative estimate of drug-likeness (QED) is 0.401. The first-order valence-electron chi connectivity index (χ1n) is 10.7. The highest BCUT2D eigenvalue weighted by Crippen LogP contribution is 2.39. The molecule has 0 saturated carbocycles. The Hall–Kier alpha value is -2.87. The number of benzene rings is 1. The Kier molecular flexibility index (Phi) is 7.10. The molecule has 5 nitrogen and oxygen atoms in total. The smallest absolute Gasteiger partial charge is 0.305 e. The Morgan fingerprint density at radius 3 is 2.80 bits per heavy atom. The summed E-state index contributed by atoms with van der Waals surface area (Å²) in [6.45, 7) is 9.55. The topological polar surface area (TPSA) is 61.3 Å². The first-order valence-corrected chi connectivity index (χ1v) is 10.7. The zero-order valence-corrected chi connectivity index (χ0v) is 18.4. The normalized spacial score (nSPS) is 14.1. The number of esters is 1. The number of hydrogen-bond acceptors (Lipinski definition) is 5. The van der Waals surface area contributed by atoms with E-state index >= 15 is 0 Å². The van der Waals surface area contributed by atoms with E-state index in [2.05, 4.69) is 54.7 Å². The van der Waals surface area contributed by atoms with Gasteiger partial charge in [-0.1, -0.05) is 19.8 Å². The van der Waals surface area contributed by atoms with Crippen molar-refractivity contribution in [2.45, 2.75) is 65.2 Å². The fourth-order valence-electron chi connectivity index (χ4n) is 3.59. The van der Waals surface area contributed by atoms with Gasteiger partial charge in [0.1, 0.15) is 11.4 Å². The molecule has 0 aliphatic carbocycles. The minimum absolute atomic E-state index is 0.0777. The highest BCUT2D eigenvalue weighted by molar-refractivity contribution is 5.69. The van der Waals surface area contributed by atoms with E-state index in [1.807, 2.05) is 6.92 Å². The molecule has 0 radical (unpaired) electrons. The predicted molar refractivity (Wildman–Crippen MR) is 117 cm³/mol. The molecule has 1 aliphatic rings. The molecule has 0 amide bonds. The van der Waals surface area contributed by atoms with Crippen LogP contribution in [0.5, 0.6) is 5.75 Å². The van der Waals surface area contributed by atoms with E-state index in [0.717, 1.165) is 54.9 Å². The molecule has 1 aromatic heterocycles. The second-order valence-electron chi connectivity index (χ2n) is 8.26. The molecule has 0 saturated heterocycles. The van der Waals surface area contributed by atoms with Crippen molar-refractivity contribution < 1.29 is 14.3 Å². The van der Waals surface area contributed by atoms with E-state index in [1.54, 1.807) is 12.4 Å². The fraction of sp³-hybridized carbons (Fsp3) is 0.480. The summed E-state index contributed by atoms with van der Waals surface area (Å²) < 4.78 is 10.8. The summed E-state index contributed by atoms with van der Waals surface area (Å²) in [5.41, 5.74) is 4.94. The molecule has 1 aliphatic heterocycles. The van der Waals surface area contributed by atoms with Gasteiger partial charge in [0.2, 0.25) is 0 Å². The number of fused-ring (bicyclic) bond motifs is 1. The summed E-state index contributed by atoms with van der Waals surface area (Å²) in [5.74, 6) is 7.34. The van der Waals surface area contributed by atoms with Crippen LogP contribution in [0.25, 0.3) is 0 Å². The Morgan fingerprint density at radius 2 is 2.00 bits per heavy atom. The SMILES string of the molecule is CCOC(=O)CCCCc1nccnc1C#Cc1cc2c(cc1C)OCCC2(C)C. The van der Waals surface area contributed by atoms with Gasteiger partial charge in [-0.25, -0.2) is 4.98 Å². The van der Waals surface area contributed by atoms with Crippen molar-refractivity contribution >= 4 is 5.97 Å². The molecule has 158 valence electrons. The van der Waals surface area contributed by atoms with Crippen molar-refractivity contribution in [3.8, 4) is 17.6 Å². The lowest BCUT2D eigenvalue weighted by Crippen LogP contribution is -2.26. The standard InChI is InChI=1S/C25H30N2O3/c1-5-29-24(28)9-7-6-8-21-22(27-14-13-26-21)11-10-19-17-20-23(16-18(19)2)30-15-12-25(20,3)4/h13-14,16-17H,5-9,12,15H2,1-4H3. The van der Waals surface area contributed by atoms with Crippen LogP contribution in [0.4, 0.5) is 0 Å². The number of nitrogens with zero attached hydrogens (tertiary/aromatic N) is 2. The van der Waals surface area contributed by atoms with Crippen LogP contribution < -0.4 is 4.74 Å². The third-order valence-corrected chi connectivity index (χ3v) is 5.48. The molecule has 2 heterocycles. The minimum atomic E-state index is -0.147. The molecule has 5 heteroatoms. The number of hydrogen-bond donors (Lipinski definition) is 0. The number of carbonyl (C=O) groups excluding carboxylic acids is 1. The highest BCUT2D eigenvalue weighted by Gasteiger charge is 2.29. The van der Waals surface area contributed by atoms with Crippen LogP contribution in [0.2, 0.25) is 0 Å². The van der Waals surface area contributed by atoms with Gasteiger partial charge in [-0.15, -0.1) is 0 Å². The van der Waals surface area contributed by atoms with Gasteiger partial charge in [-0.05, 0) is 68.6 Å². The average molecular weight is 407 g/mol. The molecule has 0 fully saturated rings. The third-order valence-electron chi connectivity index (χ3n) is 5.48. The van der Waals surface area contributed by atoms with Gasteiger partial charge in [-0.3, -0.25) is 9.78 Å². The molecule has 30 heavy (non-hydrogen) atoms. The van der Waals surface area contributed by atoms with Crippen molar-refractivity contribution in [3.63, 3.8) is 0 Å². The minimum Gasteiger partial charge on any atom is -0.493 e. The second kappa shape index (κ2) is 9.75. The van der Waals surface area contributed by atoms with Crippen molar-refractivity contribution in [2.75, 3.05) is 13.2 Å². The van der Waals surface area contributed by atoms with E-state index in [9.17, 15) is 4.79 Å². The van der Waals surface area contributed by atoms with Crippen molar-refractivity contribution in [2.24, 2.45) is 0 Å². The van der Waals surface area contributed by atoms with Crippen LogP contribution in [0.15, 0.2) is 24.5 Å². The summed E-state index contributed by atoms with van der Waals surface area (Å²) in [5, 5.41) is 0. The van der Waals surface area contributed by atoms with Gasteiger partial charge in [0.05, 0.1) is 18.9 Å². The molecule has 0 atom stereocenters. The van der Waals surface area contributed by atoms with Crippen LogP contribution in [-0.2, 0) is 21.4 Å². The van der Waals surface area contributed by atoms with Crippen LogP contribution >= 0.6 is 0 Å². The summed E-state index contributed by atoms with van der Waals surface area (Å²) in [6, 6.07) is 4.25. The van der Waals surface area contributed by atoms with E-state index in [0.29, 0.717) is 18.7 Å². The Morgan fingerprint density at radius 1 is 1.20 bits per heavy atom. The molecule has 3 rings (SSSR count). The Balaban J connectivity index is 1.75. The van der Waals surface area contributed by atoms with Crippen LogP contribution in [0, 0.1) is 18.8 Å². The van der Waals surface area contributed by atoms with Gasteiger partial charge < -0.3 is 9.47 Å². The zero-order valence-electron chi connectivity index (χ0n) is 18.4. The lowest BCUT2D eigenvalue weighted by molar-refractivity contribution is -0.143. The van der Waals surface area contributed by atoms with Gasteiger partial charge in [0, 0.05) is 29.9 Å². The van der Waals surface area contributed by atoms with Crippen LogP contribution in [-0.4, -0.2) is 29.2 Å². The largest absolute Gasteiger partial charge is 0.493 e. The maximum atomic E-state index is 11.5. The summed E-state index contributed by atoms with van der Waals surface area (Å²) >= 11 is 0. The molecule has 1 aromatic carbocycles. The first kappa shape index (κ1) is 21.8. The average Bonchev–Trinajstić information content (AvgIpc) is 2.70. The number of aromatic nitrogens is 2. The Labute approximate surface area is 179 Å². The predicted octanol–water partition coefficient (Wildman–Crippen LogP) is 4.52. The van der Waals surface area contributed by atoms with Crippen LogP contribution in [0.1, 0.15) is 74.5 Å². The zero-order chi connectivity index (χ0) is 21.6. The number of rotatable bonds is 6. The van der Waals surface area contributed by atoms with Gasteiger partial charge in [-0.2, -0.15) is 0 Å². The van der Waals surface area contributed by atoms with Crippen molar-refractivity contribution in [1.82, 2.24) is 9.97 Å². The van der Waals surface area contributed by atoms with Crippen molar-refractivity contribution in [1.29, 1.82) is 0 Å². The summed E-state index contributed by atoms with van der Waals surface area (Å²) in [4.78, 5) is 20.4. The fourth-order valence-corrected chi connectivity index (χ4v) is 3.59. The number of carbonyl (C=O) groups is 1. The maximum absolute atomic E-state index is 11.5. The number of aryl methyl sites for hydroxylation is 2. The van der Waals surface area contributed by atoms with Crippen molar-refractivity contribution in [3.05, 3.63) is 52.6 Å². The molecule has 2 aromatic rings. The monoisotopic (exact) mass is 406 g/mol. The van der Waals surface area contributed by atoms with Gasteiger partial charge in [0.15, 0.2) is 0 Å². The summed E-state index contributed by atoms with van der Waals surface area (Å²) in [7, 11) is 0. The lowest BCUT2D eigenvalue weighted by Gasteiger charge is -2.33.